The van der Waals surface area contributed by atoms with E-state index in [1.165, 1.54) is 12.1 Å². The minimum Gasteiger partial charge on any atom is -0.507 e. The van der Waals surface area contributed by atoms with Crippen LogP contribution in [0.25, 0.3) is 0 Å². The van der Waals surface area contributed by atoms with E-state index in [2.05, 4.69) is 0 Å². The average molecular weight is 297 g/mol. The fraction of sp³-hybridized carbons (Fsp3) is 0.222. The van der Waals surface area contributed by atoms with Gasteiger partial charge in [0.15, 0.2) is 0 Å². The van der Waals surface area contributed by atoms with Crippen molar-refractivity contribution < 1.29 is 14.7 Å². The van der Waals surface area contributed by atoms with E-state index in [0.717, 1.165) is 18.8 Å². The Labute approximate surface area is 130 Å². The van der Waals surface area contributed by atoms with Crippen LogP contribution in [0.1, 0.15) is 34.6 Å². The van der Waals surface area contributed by atoms with Gasteiger partial charge in [0, 0.05) is 30.4 Å². The number of carbonyl (C=O) groups excluding carboxylic acids is 2. The van der Waals surface area contributed by atoms with Crippen molar-refractivity contribution in [2.75, 3.05) is 18.0 Å². The molecule has 2 aromatic carbocycles. The number of hydrogen-bond donors (Lipinski definition) is 1. The van der Waals surface area contributed by atoms with Gasteiger partial charge in [0.2, 0.25) is 11.6 Å². The molecule has 0 radical (unpaired) electrons. The number of ketones is 2. The number of Topliss-reactive ketones (excluding diaryl/α,β-unsaturated/α-hetero) is 2. The molecular weight excluding hydrogens is 278 g/mol. The summed E-state index contributed by atoms with van der Waals surface area (Å²) in [6, 6.07) is 13.1. The van der Waals surface area contributed by atoms with E-state index in [9.17, 15) is 14.7 Å². The van der Waals surface area contributed by atoms with E-state index < -0.39 is 11.6 Å². The minimum atomic E-state index is -0.699. The number of phenols is 1. The molecule has 0 atom stereocenters. The second-order valence-electron chi connectivity index (χ2n) is 4.90. The lowest BCUT2D eigenvalue weighted by atomic mass is 10.0. The Morgan fingerprint density at radius 2 is 1.59 bits per heavy atom. The topological polar surface area (TPSA) is 57.6 Å². The molecule has 0 saturated heterocycles. The van der Waals surface area contributed by atoms with Gasteiger partial charge in [-0.15, -0.1) is 0 Å². The molecule has 114 valence electrons. The Kier molecular flexibility index (Phi) is 4.94. The lowest BCUT2D eigenvalue weighted by Crippen LogP contribution is -2.22. The second kappa shape index (κ2) is 6.89. The van der Waals surface area contributed by atoms with Gasteiger partial charge < -0.3 is 10.0 Å². The number of nitrogens with zero attached hydrogens (tertiary/aromatic N) is 1. The third kappa shape index (κ3) is 3.17. The predicted octanol–water partition coefficient (Wildman–Crippen LogP) is 3.30. The zero-order chi connectivity index (χ0) is 16.1. The lowest BCUT2D eigenvalue weighted by molar-refractivity contribution is 0.0815. The summed E-state index contributed by atoms with van der Waals surface area (Å²) < 4.78 is 0. The van der Waals surface area contributed by atoms with E-state index >= 15 is 0 Å². The molecule has 1 N–H and O–H groups in total. The van der Waals surface area contributed by atoms with Crippen LogP contribution in [0, 0.1) is 0 Å². The largest absolute Gasteiger partial charge is 0.507 e. The summed E-state index contributed by atoms with van der Waals surface area (Å²) in [5.74, 6) is -1.49. The van der Waals surface area contributed by atoms with Crippen molar-refractivity contribution in [3.05, 3.63) is 59.7 Å². The van der Waals surface area contributed by atoms with Crippen molar-refractivity contribution in [3.8, 4) is 5.75 Å². The van der Waals surface area contributed by atoms with Gasteiger partial charge in [-0.2, -0.15) is 0 Å². The van der Waals surface area contributed by atoms with Crippen molar-refractivity contribution in [1.29, 1.82) is 0 Å². The molecule has 0 fully saturated rings. The number of phenolic OH excluding ortho intramolecular Hbond substituents is 1. The van der Waals surface area contributed by atoms with E-state index in [1.54, 1.807) is 36.4 Å². The first-order chi connectivity index (χ1) is 10.6. The highest BCUT2D eigenvalue weighted by atomic mass is 16.3. The van der Waals surface area contributed by atoms with E-state index in [0.29, 0.717) is 5.56 Å². The van der Waals surface area contributed by atoms with Gasteiger partial charge >= 0.3 is 0 Å². The maximum Gasteiger partial charge on any atom is 0.237 e. The highest BCUT2D eigenvalue weighted by Crippen LogP contribution is 2.26. The maximum absolute atomic E-state index is 12.3. The Balaban J connectivity index is 2.29. The third-order valence-electron chi connectivity index (χ3n) is 3.60. The van der Waals surface area contributed by atoms with Crippen LogP contribution in [0.15, 0.2) is 48.5 Å². The van der Waals surface area contributed by atoms with Gasteiger partial charge in [0.25, 0.3) is 0 Å². The van der Waals surface area contributed by atoms with E-state index in [4.69, 9.17) is 0 Å². The van der Waals surface area contributed by atoms with Crippen molar-refractivity contribution in [3.63, 3.8) is 0 Å². The summed E-state index contributed by atoms with van der Waals surface area (Å²) in [4.78, 5) is 26.5. The molecule has 4 nitrogen and oxygen atoms in total. The summed E-state index contributed by atoms with van der Waals surface area (Å²) >= 11 is 0. The van der Waals surface area contributed by atoms with Gasteiger partial charge in [-0.3, -0.25) is 9.59 Å². The highest BCUT2D eigenvalue weighted by molar-refractivity contribution is 6.49. The predicted molar refractivity (Wildman–Crippen MR) is 86.8 cm³/mol. The van der Waals surface area contributed by atoms with Crippen LogP contribution >= 0.6 is 0 Å². The summed E-state index contributed by atoms with van der Waals surface area (Å²) in [6.45, 7) is 5.62. The molecule has 22 heavy (non-hydrogen) atoms. The minimum absolute atomic E-state index is 0.0322. The smallest absolute Gasteiger partial charge is 0.237 e. The molecule has 2 rings (SSSR count). The highest BCUT2D eigenvalue weighted by Gasteiger charge is 2.21. The van der Waals surface area contributed by atoms with Crippen molar-refractivity contribution in [1.82, 2.24) is 0 Å². The van der Waals surface area contributed by atoms with Crippen LogP contribution in [0.4, 0.5) is 5.69 Å². The number of aromatic hydroxyl groups is 1. The molecule has 0 amide bonds. The van der Waals surface area contributed by atoms with Gasteiger partial charge in [-0.1, -0.05) is 30.3 Å². The normalized spacial score (nSPS) is 10.3. The zero-order valence-electron chi connectivity index (χ0n) is 12.7. The Morgan fingerprint density at radius 1 is 0.955 bits per heavy atom. The number of carbonyl (C=O) groups is 2. The number of anilines is 1. The summed E-state index contributed by atoms with van der Waals surface area (Å²) in [5, 5.41) is 10.1. The SMILES string of the molecule is CCN(CC)c1ccc(C(=O)C(=O)c2ccccc2)c(O)c1. The first-order valence-electron chi connectivity index (χ1n) is 7.30. The molecule has 2 aromatic rings. The fourth-order valence-corrected chi connectivity index (χ4v) is 2.34. The summed E-state index contributed by atoms with van der Waals surface area (Å²) in [5.41, 5.74) is 1.18. The van der Waals surface area contributed by atoms with Gasteiger partial charge in [-0.05, 0) is 26.0 Å². The molecule has 0 aliphatic heterocycles. The van der Waals surface area contributed by atoms with Crippen LogP contribution in [-0.4, -0.2) is 29.8 Å². The van der Waals surface area contributed by atoms with Crippen LogP contribution in [0.5, 0.6) is 5.75 Å². The lowest BCUT2D eigenvalue weighted by Gasteiger charge is -2.21. The van der Waals surface area contributed by atoms with Crippen molar-refractivity contribution in [2.24, 2.45) is 0 Å². The first kappa shape index (κ1) is 15.8. The third-order valence-corrected chi connectivity index (χ3v) is 3.60. The molecule has 0 heterocycles. The van der Waals surface area contributed by atoms with Gasteiger partial charge in [0.05, 0.1) is 5.56 Å². The summed E-state index contributed by atoms with van der Waals surface area (Å²) in [6.07, 6.45) is 0. The Bertz CT molecular complexity index is 676. The summed E-state index contributed by atoms with van der Waals surface area (Å²) in [7, 11) is 0. The van der Waals surface area contributed by atoms with Gasteiger partial charge in [0.1, 0.15) is 5.75 Å². The Hall–Kier alpha value is -2.62. The van der Waals surface area contributed by atoms with Gasteiger partial charge in [-0.25, -0.2) is 0 Å². The Morgan fingerprint density at radius 3 is 2.14 bits per heavy atom. The first-order valence-corrected chi connectivity index (χ1v) is 7.30. The monoisotopic (exact) mass is 297 g/mol. The molecule has 0 spiro atoms. The van der Waals surface area contributed by atoms with Crippen molar-refractivity contribution in [2.45, 2.75) is 13.8 Å². The molecule has 0 bridgehead atoms. The molecule has 0 aromatic heterocycles. The van der Waals surface area contributed by atoms with Crippen LogP contribution in [0.2, 0.25) is 0 Å². The fourth-order valence-electron chi connectivity index (χ4n) is 2.34. The average Bonchev–Trinajstić information content (AvgIpc) is 2.55. The molecule has 0 aliphatic carbocycles. The zero-order valence-corrected chi connectivity index (χ0v) is 12.7. The second-order valence-corrected chi connectivity index (χ2v) is 4.90. The molecule has 0 aliphatic rings. The number of benzene rings is 2. The number of rotatable bonds is 6. The molecule has 4 heteroatoms. The number of hydrogen-bond acceptors (Lipinski definition) is 4. The van der Waals surface area contributed by atoms with Crippen LogP contribution < -0.4 is 4.90 Å². The molecule has 0 unspecified atom stereocenters. The molecule has 0 saturated carbocycles. The van der Waals surface area contributed by atoms with E-state index in [1.807, 2.05) is 18.7 Å². The molecular formula is C18H19NO3. The van der Waals surface area contributed by atoms with Crippen molar-refractivity contribution >= 4 is 17.3 Å². The van der Waals surface area contributed by atoms with Crippen LogP contribution in [-0.2, 0) is 0 Å². The standard InChI is InChI=1S/C18H19NO3/c1-3-19(4-2)14-10-11-15(16(20)12-14)18(22)17(21)13-8-6-5-7-9-13/h5-12,20H,3-4H2,1-2H3. The quantitative estimate of drug-likeness (QED) is 0.656. The maximum atomic E-state index is 12.3. The van der Waals surface area contributed by atoms with E-state index in [-0.39, 0.29) is 11.3 Å². The van der Waals surface area contributed by atoms with Crippen LogP contribution in [0.3, 0.4) is 0 Å².